The summed E-state index contributed by atoms with van der Waals surface area (Å²) in [5.41, 5.74) is 0. The fourth-order valence-corrected chi connectivity index (χ4v) is 0. The summed E-state index contributed by atoms with van der Waals surface area (Å²) >= 11 is 0. The first-order chi connectivity index (χ1) is 3.15. The van der Waals surface area contributed by atoms with Crippen LogP contribution in [0.1, 0.15) is 0 Å². The molecular formula is H3BO5Si. The third kappa shape index (κ3) is 1440. The highest BCUT2D eigenvalue weighted by Gasteiger charge is 1.92. The molecule has 0 spiro atoms. The summed E-state index contributed by atoms with van der Waals surface area (Å²) in [5, 5.41) is 21.5. The summed E-state index contributed by atoms with van der Waals surface area (Å²) < 4.78 is 16.8. The normalized spacial score (nSPS) is 5.00. The SMILES string of the molecule is O=[Si]=O.OB(O)O. The maximum Gasteiger partial charge on any atom is 0.631 e. The Bertz CT molecular complexity index is 50.3. The van der Waals surface area contributed by atoms with Crippen molar-refractivity contribution in [3.05, 3.63) is 0 Å². The Labute approximate surface area is 41.7 Å². The highest BCUT2D eigenvalue weighted by Crippen LogP contribution is 1.40. The second-order valence-corrected chi connectivity index (χ2v) is 0.596. The van der Waals surface area contributed by atoms with Crippen molar-refractivity contribution < 1.29 is 24.0 Å². The van der Waals surface area contributed by atoms with E-state index in [0.29, 0.717) is 0 Å². The van der Waals surface area contributed by atoms with Crippen molar-refractivity contribution in [1.29, 1.82) is 0 Å². The average molecular weight is 122 g/mol. The summed E-state index contributed by atoms with van der Waals surface area (Å²) in [4.78, 5) is 0. The van der Waals surface area contributed by atoms with Crippen LogP contribution in [0.15, 0.2) is 0 Å². The van der Waals surface area contributed by atoms with Crippen molar-refractivity contribution in [2.24, 2.45) is 0 Å². The Morgan fingerprint density at radius 1 is 1.14 bits per heavy atom. The highest BCUT2D eigenvalue weighted by atomic mass is 28.2. The molecule has 0 aromatic rings. The topological polar surface area (TPSA) is 94.8 Å². The van der Waals surface area contributed by atoms with Gasteiger partial charge in [0.2, 0.25) is 0 Å². The Hall–Kier alpha value is -0.238. The largest absolute Gasteiger partial charge is 0.631 e. The van der Waals surface area contributed by atoms with Crippen LogP contribution in [0.3, 0.4) is 0 Å². The van der Waals surface area contributed by atoms with Crippen LogP contribution in [-0.4, -0.2) is 31.7 Å². The van der Waals surface area contributed by atoms with Gasteiger partial charge in [0.05, 0.1) is 0 Å². The van der Waals surface area contributed by atoms with E-state index in [1.165, 1.54) is 0 Å². The van der Waals surface area contributed by atoms with Crippen molar-refractivity contribution in [2.45, 2.75) is 0 Å². The minimum absolute atomic E-state index is 1.42. The molecule has 7 heavy (non-hydrogen) atoms. The van der Waals surface area contributed by atoms with E-state index < -0.39 is 16.6 Å². The summed E-state index contributed by atoms with van der Waals surface area (Å²) in [6.45, 7) is 0. The molecule has 0 aromatic carbocycles. The molecule has 5 nitrogen and oxygen atoms in total. The minimum Gasteiger partial charge on any atom is -0.402 e. The molecule has 0 radical (unpaired) electrons. The van der Waals surface area contributed by atoms with Crippen LogP contribution in [0.4, 0.5) is 0 Å². The van der Waals surface area contributed by atoms with Gasteiger partial charge in [0.1, 0.15) is 0 Å². The van der Waals surface area contributed by atoms with Gasteiger partial charge in [0.15, 0.2) is 0 Å². The van der Waals surface area contributed by atoms with Gasteiger partial charge in [-0.1, -0.05) is 0 Å². The van der Waals surface area contributed by atoms with Gasteiger partial charge in [-0.2, -0.15) is 0 Å². The van der Waals surface area contributed by atoms with Gasteiger partial charge in [-0.3, -0.25) is 8.92 Å². The maximum atomic E-state index is 8.40. The highest BCUT2D eigenvalue weighted by molar-refractivity contribution is 6.30. The van der Waals surface area contributed by atoms with Crippen LogP contribution in [0.25, 0.3) is 0 Å². The molecule has 0 bridgehead atoms. The Balaban J connectivity index is 0. The summed E-state index contributed by atoms with van der Waals surface area (Å²) in [5.74, 6) is 0. The quantitative estimate of drug-likeness (QED) is 0.304. The van der Waals surface area contributed by atoms with E-state index in [1.54, 1.807) is 0 Å². The second-order valence-electron chi connectivity index (χ2n) is 0.430. The first-order valence-electron chi connectivity index (χ1n) is 1.18. The van der Waals surface area contributed by atoms with Crippen LogP contribution in [-0.2, 0) is 8.92 Å². The van der Waals surface area contributed by atoms with Gasteiger partial charge in [-0.25, -0.2) is 0 Å². The zero-order valence-corrected chi connectivity index (χ0v) is 4.24. The van der Waals surface area contributed by atoms with Gasteiger partial charge in [0, 0.05) is 0 Å². The smallest absolute Gasteiger partial charge is 0.402 e. The van der Waals surface area contributed by atoms with E-state index in [1.807, 2.05) is 0 Å². The summed E-state index contributed by atoms with van der Waals surface area (Å²) in [6, 6.07) is 0. The Morgan fingerprint density at radius 3 is 1.14 bits per heavy atom. The summed E-state index contributed by atoms with van der Waals surface area (Å²) in [7, 11) is -3.58. The Morgan fingerprint density at radius 2 is 1.14 bits per heavy atom. The molecule has 0 aliphatic carbocycles. The molecule has 0 unspecified atom stereocenters. The van der Waals surface area contributed by atoms with Crippen molar-refractivity contribution in [2.75, 3.05) is 0 Å². The molecule has 0 heterocycles. The fraction of sp³-hybridized carbons (Fsp3) is 0. The van der Waals surface area contributed by atoms with Crippen molar-refractivity contribution in [1.82, 2.24) is 0 Å². The van der Waals surface area contributed by atoms with Crippen molar-refractivity contribution in [3.8, 4) is 0 Å². The van der Waals surface area contributed by atoms with Crippen molar-refractivity contribution in [3.63, 3.8) is 0 Å². The Kier molecular flexibility index (Phi) is 13.1. The molecule has 7 heteroatoms. The molecule has 0 saturated heterocycles. The monoisotopic (exact) mass is 122 g/mol. The molecule has 0 atom stereocenters. The molecule has 3 N–H and O–H groups in total. The average Bonchev–Trinajstić information content (AvgIpc) is 1.33. The third-order valence-electron chi connectivity index (χ3n) is 0. The van der Waals surface area contributed by atoms with Crippen LogP contribution < -0.4 is 0 Å². The molecule has 0 aliphatic rings. The lowest BCUT2D eigenvalue weighted by atomic mass is 10.3. The van der Waals surface area contributed by atoms with E-state index in [-0.39, 0.29) is 0 Å². The minimum atomic E-state index is -2.17. The first-order valence-corrected chi connectivity index (χ1v) is 2.00. The molecule has 0 aliphatic heterocycles. The van der Waals surface area contributed by atoms with Crippen LogP contribution >= 0.6 is 0 Å². The molecule has 40 valence electrons. The lowest BCUT2D eigenvalue weighted by Crippen LogP contribution is -2.07. The van der Waals surface area contributed by atoms with E-state index in [0.717, 1.165) is 0 Å². The molecule has 0 amide bonds. The molecular weight excluding hydrogens is 119 g/mol. The van der Waals surface area contributed by atoms with Gasteiger partial charge >= 0.3 is 16.6 Å². The molecule has 0 fully saturated rings. The lowest BCUT2D eigenvalue weighted by Gasteiger charge is -1.69. The van der Waals surface area contributed by atoms with Crippen molar-refractivity contribution >= 4 is 16.6 Å². The van der Waals surface area contributed by atoms with E-state index in [4.69, 9.17) is 24.0 Å². The van der Waals surface area contributed by atoms with E-state index >= 15 is 0 Å². The molecule has 0 aromatic heterocycles. The second kappa shape index (κ2) is 9.23. The van der Waals surface area contributed by atoms with Gasteiger partial charge < -0.3 is 15.1 Å². The molecule has 0 rings (SSSR count). The number of hydrogen-bond donors (Lipinski definition) is 3. The zero-order chi connectivity index (χ0) is 6.28. The van der Waals surface area contributed by atoms with E-state index in [2.05, 4.69) is 0 Å². The zero-order valence-electron chi connectivity index (χ0n) is 3.24. The predicted octanol–water partition coefficient (Wildman–Crippen LogP) is -2.67. The van der Waals surface area contributed by atoms with Gasteiger partial charge in [-0.05, 0) is 0 Å². The maximum absolute atomic E-state index is 8.40. The predicted molar refractivity (Wildman–Crippen MR) is 19.5 cm³/mol. The lowest BCUT2D eigenvalue weighted by molar-refractivity contribution is 0.278. The number of rotatable bonds is 0. The van der Waals surface area contributed by atoms with Crippen LogP contribution in [0, 0.1) is 0 Å². The number of hydrogen-bond acceptors (Lipinski definition) is 5. The fourth-order valence-electron chi connectivity index (χ4n) is 0. The van der Waals surface area contributed by atoms with Crippen LogP contribution in [0.2, 0.25) is 0 Å². The van der Waals surface area contributed by atoms with E-state index in [9.17, 15) is 0 Å². The van der Waals surface area contributed by atoms with Crippen LogP contribution in [0.5, 0.6) is 0 Å². The van der Waals surface area contributed by atoms with Gasteiger partial charge in [-0.15, -0.1) is 0 Å². The van der Waals surface area contributed by atoms with Gasteiger partial charge in [0.25, 0.3) is 0 Å². The molecule has 0 saturated carbocycles. The summed E-state index contributed by atoms with van der Waals surface area (Å²) in [6.07, 6.45) is 0. The first kappa shape index (κ1) is 9.90. The standard InChI is InChI=1S/BH3O3.O2Si/c2-1(3)4;1-3-2/h2-4H;. The third-order valence-corrected chi connectivity index (χ3v) is 0.